The maximum Gasteiger partial charge on any atom is 0.118 e. The normalized spacial score (nSPS) is 10.8. The highest BCUT2D eigenvalue weighted by Gasteiger charge is 2.14. The molecule has 1 aromatic rings. The molecule has 0 bridgehead atoms. The Labute approximate surface area is 102 Å². The van der Waals surface area contributed by atoms with Crippen LogP contribution in [0.15, 0.2) is 29.4 Å². The summed E-state index contributed by atoms with van der Waals surface area (Å²) in [6, 6.07) is 8.07. The third-order valence-corrected chi connectivity index (χ3v) is 2.73. The van der Waals surface area contributed by atoms with E-state index in [1.54, 1.807) is 7.11 Å². The largest absolute Gasteiger partial charge is 0.497 e. The molecule has 4 heteroatoms. The second kappa shape index (κ2) is 6.16. The summed E-state index contributed by atoms with van der Waals surface area (Å²) < 4.78 is 5.10. The summed E-state index contributed by atoms with van der Waals surface area (Å²) >= 11 is 0. The standard InChI is InChI=1S/C13H19N3O/c1-13(2,15-16-14)10-4-5-11-6-8-12(17-3)9-7-11/h6-9H,4-5,10H2,1-3H3. The quantitative estimate of drug-likeness (QED) is 0.414. The van der Waals surface area contributed by atoms with E-state index in [-0.39, 0.29) is 5.54 Å². The Morgan fingerprint density at radius 2 is 1.94 bits per heavy atom. The number of methoxy groups -OCH3 is 1. The maximum absolute atomic E-state index is 8.42. The van der Waals surface area contributed by atoms with Crippen LogP contribution in [0.4, 0.5) is 0 Å². The van der Waals surface area contributed by atoms with Crippen LogP contribution in [0.5, 0.6) is 5.75 Å². The fourth-order valence-electron chi connectivity index (χ4n) is 1.69. The van der Waals surface area contributed by atoms with E-state index in [2.05, 4.69) is 22.2 Å². The lowest BCUT2D eigenvalue weighted by atomic mass is 9.96. The Kier molecular flexibility index (Phi) is 4.85. The van der Waals surface area contributed by atoms with Gasteiger partial charge in [0.25, 0.3) is 0 Å². The maximum atomic E-state index is 8.42. The summed E-state index contributed by atoms with van der Waals surface area (Å²) in [6.07, 6.45) is 2.90. The molecule has 0 unspecified atom stereocenters. The van der Waals surface area contributed by atoms with Crippen molar-refractivity contribution in [3.8, 4) is 5.75 Å². The molecule has 0 saturated heterocycles. The highest BCUT2D eigenvalue weighted by molar-refractivity contribution is 5.27. The van der Waals surface area contributed by atoms with Crippen LogP contribution in [0, 0.1) is 0 Å². The number of hydrogen-bond acceptors (Lipinski definition) is 2. The molecule has 0 aromatic heterocycles. The first-order valence-corrected chi connectivity index (χ1v) is 5.76. The summed E-state index contributed by atoms with van der Waals surface area (Å²) in [5.41, 5.74) is 9.41. The second-order valence-electron chi connectivity index (χ2n) is 4.70. The average molecular weight is 233 g/mol. The lowest BCUT2D eigenvalue weighted by molar-refractivity contribution is 0.414. The topological polar surface area (TPSA) is 58.0 Å². The third kappa shape index (κ3) is 4.79. The first-order valence-electron chi connectivity index (χ1n) is 5.76. The van der Waals surface area contributed by atoms with Gasteiger partial charge in [0.15, 0.2) is 0 Å². The van der Waals surface area contributed by atoms with E-state index in [1.165, 1.54) is 5.56 Å². The van der Waals surface area contributed by atoms with Crippen LogP contribution in [-0.4, -0.2) is 12.6 Å². The summed E-state index contributed by atoms with van der Waals surface area (Å²) in [5.74, 6) is 0.878. The molecule has 0 aliphatic heterocycles. The summed E-state index contributed by atoms with van der Waals surface area (Å²) in [6.45, 7) is 3.92. The molecular formula is C13H19N3O. The number of azide groups is 1. The van der Waals surface area contributed by atoms with Crippen LogP contribution in [0.2, 0.25) is 0 Å². The molecule has 0 saturated carbocycles. The number of benzene rings is 1. The first-order chi connectivity index (χ1) is 8.07. The monoisotopic (exact) mass is 233 g/mol. The molecule has 4 nitrogen and oxygen atoms in total. The van der Waals surface area contributed by atoms with Crippen molar-refractivity contribution in [3.63, 3.8) is 0 Å². The van der Waals surface area contributed by atoms with Crippen molar-refractivity contribution in [2.24, 2.45) is 5.11 Å². The van der Waals surface area contributed by atoms with Gasteiger partial charge in [-0.2, -0.15) is 0 Å². The molecule has 0 N–H and O–H groups in total. The zero-order valence-electron chi connectivity index (χ0n) is 10.7. The van der Waals surface area contributed by atoms with Gasteiger partial charge >= 0.3 is 0 Å². The molecule has 0 aliphatic carbocycles. The van der Waals surface area contributed by atoms with Gasteiger partial charge in [-0.1, -0.05) is 31.1 Å². The molecule has 0 spiro atoms. The van der Waals surface area contributed by atoms with Crippen molar-refractivity contribution in [2.75, 3.05) is 7.11 Å². The molecule has 0 amide bonds. The minimum Gasteiger partial charge on any atom is -0.497 e. The van der Waals surface area contributed by atoms with Gasteiger partial charge in [0.2, 0.25) is 0 Å². The average Bonchev–Trinajstić information content (AvgIpc) is 2.29. The van der Waals surface area contributed by atoms with E-state index >= 15 is 0 Å². The van der Waals surface area contributed by atoms with E-state index in [1.807, 2.05) is 26.0 Å². The van der Waals surface area contributed by atoms with Gasteiger partial charge in [-0.15, -0.1) is 0 Å². The predicted molar refractivity (Wildman–Crippen MR) is 69.2 cm³/mol. The van der Waals surface area contributed by atoms with Crippen LogP contribution in [0.25, 0.3) is 10.4 Å². The molecule has 0 radical (unpaired) electrons. The Hall–Kier alpha value is -1.67. The van der Waals surface area contributed by atoms with Crippen LogP contribution < -0.4 is 4.74 Å². The van der Waals surface area contributed by atoms with Gasteiger partial charge in [-0.25, -0.2) is 0 Å². The Balaban J connectivity index is 2.42. The van der Waals surface area contributed by atoms with Gasteiger partial charge in [-0.05, 0) is 42.5 Å². The molecule has 0 atom stereocenters. The molecule has 1 aromatic carbocycles. The van der Waals surface area contributed by atoms with Crippen molar-refractivity contribution in [1.82, 2.24) is 0 Å². The smallest absolute Gasteiger partial charge is 0.118 e. The van der Waals surface area contributed by atoms with Crippen molar-refractivity contribution < 1.29 is 4.74 Å². The summed E-state index contributed by atoms with van der Waals surface area (Å²) in [5, 5.41) is 3.78. The van der Waals surface area contributed by atoms with E-state index in [4.69, 9.17) is 10.3 Å². The fraction of sp³-hybridized carbons (Fsp3) is 0.538. The van der Waals surface area contributed by atoms with Gasteiger partial charge in [0.1, 0.15) is 5.75 Å². The number of nitrogens with zero attached hydrogens (tertiary/aromatic N) is 3. The minimum atomic E-state index is -0.290. The highest BCUT2D eigenvalue weighted by Crippen LogP contribution is 2.19. The first kappa shape index (κ1) is 13.4. The van der Waals surface area contributed by atoms with E-state index in [0.717, 1.165) is 25.0 Å². The molecule has 0 heterocycles. The third-order valence-electron chi connectivity index (χ3n) is 2.73. The zero-order chi connectivity index (χ0) is 12.7. The molecule has 1 rings (SSSR count). The van der Waals surface area contributed by atoms with Crippen LogP contribution in [-0.2, 0) is 6.42 Å². The number of rotatable bonds is 6. The van der Waals surface area contributed by atoms with E-state index in [9.17, 15) is 0 Å². The zero-order valence-corrected chi connectivity index (χ0v) is 10.7. The van der Waals surface area contributed by atoms with Gasteiger partial charge in [0.05, 0.1) is 7.11 Å². The van der Waals surface area contributed by atoms with Crippen LogP contribution in [0.3, 0.4) is 0 Å². The predicted octanol–water partition coefficient (Wildman–Crippen LogP) is 4.11. The lowest BCUT2D eigenvalue weighted by Crippen LogP contribution is -2.15. The molecule has 17 heavy (non-hydrogen) atoms. The van der Waals surface area contributed by atoms with Crippen molar-refractivity contribution >= 4 is 0 Å². The van der Waals surface area contributed by atoms with Crippen molar-refractivity contribution in [1.29, 1.82) is 0 Å². The molecule has 0 fully saturated rings. The van der Waals surface area contributed by atoms with Gasteiger partial charge in [-0.3, -0.25) is 0 Å². The van der Waals surface area contributed by atoms with Crippen molar-refractivity contribution in [3.05, 3.63) is 40.3 Å². The Morgan fingerprint density at radius 3 is 2.47 bits per heavy atom. The number of ether oxygens (including phenoxy) is 1. The van der Waals surface area contributed by atoms with Gasteiger partial charge in [0, 0.05) is 10.5 Å². The van der Waals surface area contributed by atoms with Crippen LogP contribution in [0.1, 0.15) is 32.3 Å². The second-order valence-corrected chi connectivity index (χ2v) is 4.70. The van der Waals surface area contributed by atoms with Crippen molar-refractivity contribution in [2.45, 2.75) is 38.6 Å². The molecular weight excluding hydrogens is 214 g/mol. The Morgan fingerprint density at radius 1 is 1.29 bits per heavy atom. The minimum absolute atomic E-state index is 0.290. The van der Waals surface area contributed by atoms with E-state index < -0.39 is 0 Å². The highest BCUT2D eigenvalue weighted by atomic mass is 16.5. The number of hydrogen-bond donors (Lipinski definition) is 0. The summed E-state index contributed by atoms with van der Waals surface area (Å²) in [7, 11) is 1.66. The Bertz CT molecular complexity index is 392. The van der Waals surface area contributed by atoms with Gasteiger partial charge < -0.3 is 4.74 Å². The fourth-order valence-corrected chi connectivity index (χ4v) is 1.69. The summed E-state index contributed by atoms with van der Waals surface area (Å²) in [4.78, 5) is 2.86. The number of aryl methyl sites for hydroxylation is 1. The lowest BCUT2D eigenvalue weighted by Gasteiger charge is -2.17. The molecule has 92 valence electrons. The van der Waals surface area contributed by atoms with Crippen LogP contribution >= 0.6 is 0 Å². The molecule has 0 aliphatic rings. The van der Waals surface area contributed by atoms with E-state index in [0.29, 0.717) is 0 Å². The SMILES string of the molecule is COc1ccc(CCCC(C)(C)N=[N+]=[N-])cc1.